The zero-order chi connectivity index (χ0) is 23.9. The summed E-state index contributed by atoms with van der Waals surface area (Å²) in [5.41, 5.74) is 4.60. The van der Waals surface area contributed by atoms with E-state index in [1.807, 2.05) is 40.9 Å². The van der Waals surface area contributed by atoms with Crippen molar-refractivity contribution in [3.8, 4) is 5.88 Å². The molecule has 1 aromatic carbocycles. The number of imidazole rings is 1. The highest BCUT2D eigenvalue weighted by atomic mass is 16.5. The molecule has 178 valence electrons. The molecule has 1 atom stereocenters. The van der Waals surface area contributed by atoms with E-state index in [0.29, 0.717) is 49.2 Å². The summed E-state index contributed by atoms with van der Waals surface area (Å²) in [4.78, 5) is 34.5. The van der Waals surface area contributed by atoms with E-state index in [1.165, 1.54) is 4.90 Å². The van der Waals surface area contributed by atoms with Gasteiger partial charge in [-0.1, -0.05) is 36.4 Å². The van der Waals surface area contributed by atoms with Crippen LogP contribution in [0.5, 0.6) is 5.88 Å². The van der Waals surface area contributed by atoms with Gasteiger partial charge in [0.25, 0.3) is 5.91 Å². The van der Waals surface area contributed by atoms with Gasteiger partial charge in [0.2, 0.25) is 11.7 Å². The van der Waals surface area contributed by atoms with E-state index in [9.17, 15) is 14.7 Å². The van der Waals surface area contributed by atoms with Crippen molar-refractivity contribution in [2.75, 3.05) is 13.2 Å². The Balaban J connectivity index is 1.17. The van der Waals surface area contributed by atoms with Crippen LogP contribution in [0.25, 0.3) is 11.9 Å². The summed E-state index contributed by atoms with van der Waals surface area (Å²) in [5, 5.41) is 9.26. The van der Waals surface area contributed by atoms with E-state index in [0.717, 1.165) is 36.1 Å². The summed E-state index contributed by atoms with van der Waals surface area (Å²) in [7, 11) is 0. The highest BCUT2D eigenvalue weighted by Crippen LogP contribution is 2.39. The van der Waals surface area contributed by atoms with Crippen LogP contribution in [0.15, 0.2) is 53.9 Å². The van der Waals surface area contributed by atoms with Crippen molar-refractivity contribution in [2.24, 2.45) is 0 Å². The van der Waals surface area contributed by atoms with Crippen LogP contribution < -0.4 is 4.74 Å². The molecule has 9 heteroatoms. The van der Waals surface area contributed by atoms with Crippen molar-refractivity contribution in [1.29, 1.82) is 0 Å². The molecule has 1 N–H and O–H groups in total. The summed E-state index contributed by atoms with van der Waals surface area (Å²) in [6.07, 6.45) is 8.56. The number of β-lactam (4-membered cyclic amide) rings is 1. The topological polar surface area (TPSA) is 106 Å². The van der Waals surface area contributed by atoms with Gasteiger partial charge in [0.15, 0.2) is 0 Å². The van der Waals surface area contributed by atoms with Gasteiger partial charge in [-0.3, -0.25) is 14.1 Å². The standard InChI is InChI=1S/C26H24N4O5/c31-24-19(21-9-10-22(25(32)33)30(21)24)13-17-14-29-20-8-4-7-18(20)23(28-26(29)27-17)35-12-11-34-15-16-5-2-1-3-6-16/h1-3,5-6,10,13-14,21H,4,7-9,11-12,15H2,(H,32,33)/b19-13+. The molecule has 0 saturated carbocycles. The predicted molar refractivity (Wildman–Crippen MR) is 126 cm³/mol. The summed E-state index contributed by atoms with van der Waals surface area (Å²) in [6.45, 7) is 1.38. The minimum absolute atomic E-state index is 0.0566. The molecule has 4 heterocycles. The third-order valence-electron chi connectivity index (χ3n) is 6.68. The highest BCUT2D eigenvalue weighted by Gasteiger charge is 2.48. The van der Waals surface area contributed by atoms with Crippen molar-refractivity contribution in [1.82, 2.24) is 19.3 Å². The normalized spacial score (nSPS) is 19.6. The second-order valence-electron chi connectivity index (χ2n) is 8.84. The highest BCUT2D eigenvalue weighted by molar-refractivity contribution is 6.11. The molecule has 1 unspecified atom stereocenters. The molecular formula is C26H24N4O5. The van der Waals surface area contributed by atoms with Crippen molar-refractivity contribution >= 4 is 23.7 Å². The average molecular weight is 473 g/mol. The van der Waals surface area contributed by atoms with E-state index in [2.05, 4.69) is 9.97 Å². The fourth-order valence-electron chi connectivity index (χ4n) is 5.03. The molecule has 2 aromatic heterocycles. The minimum atomic E-state index is -1.08. The Kier molecular flexibility index (Phi) is 5.33. The number of carboxylic acid groups (broad SMARTS) is 1. The molecule has 1 fully saturated rings. The summed E-state index contributed by atoms with van der Waals surface area (Å²) < 4.78 is 13.7. The second kappa shape index (κ2) is 8.66. The van der Waals surface area contributed by atoms with E-state index in [1.54, 1.807) is 12.2 Å². The monoisotopic (exact) mass is 472 g/mol. The fraction of sp³-hybridized carbons (Fsp3) is 0.308. The molecule has 1 aliphatic carbocycles. The summed E-state index contributed by atoms with van der Waals surface area (Å²) >= 11 is 0. The number of aliphatic carboxylic acids is 1. The van der Waals surface area contributed by atoms with E-state index in [-0.39, 0.29) is 17.6 Å². The lowest BCUT2D eigenvalue weighted by atomic mass is 9.94. The molecule has 6 rings (SSSR count). The number of aromatic nitrogens is 3. The molecule has 35 heavy (non-hydrogen) atoms. The molecule has 0 radical (unpaired) electrons. The number of rotatable bonds is 8. The number of carbonyl (C=O) groups excluding carboxylic acids is 1. The predicted octanol–water partition coefficient (Wildman–Crippen LogP) is 2.78. The molecular weight excluding hydrogens is 448 g/mol. The first kappa shape index (κ1) is 21.5. The molecule has 9 nitrogen and oxygen atoms in total. The molecule has 3 aromatic rings. The quantitative estimate of drug-likeness (QED) is 0.305. The molecule has 1 amide bonds. The molecule has 3 aliphatic rings. The number of aryl methyl sites for hydroxylation is 1. The maximum absolute atomic E-state index is 12.6. The van der Waals surface area contributed by atoms with Crippen LogP contribution in [-0.2, 0) is 33.8 Å². The number of hydrogen-bond acceptors (Lipinski definition) is 6. The van der Waals surface area contributed by atoms with Crippen LogP contribution in [0, 0.1) is 0 Å². The molecule has 0 bridgehead atoms. The van der Waals surface area contributed by atoms with Gasteiger partial charge in [-0.2, -0.15) is 4.98 Å². The number of carboxylic acids is 1. The third-order valence-corrected chi connectivity index (χ3v) is 6.68. The van der Waals surface area contributed by atoms with Crippen LogP contribution in [0.2, 0.25) is 0 Å². The van der Waals surface area contributed by atoms with Crippen LogP contribution >= 0.6 is 0 Å². The van der Waals surface area contributed by atoms with Gasteiger partial charge < -0.3 is 14.6 Å². The van der Waals surface area contributed by atoms with Crippen LogP contribution in [0.3, 0.4) is 0 Å². The van der Waals surface area contributed by atoms with Gasteiger partial charge in [-0.25, -0.2) is 9.78 Å². The van der Waals surface area contributed by atoms with Gasteiger partial charge in [-0.15, -0.1) is 0 Å². The second-order valence-corrected chi connectivity index (χ2v) is 8.84. The Labute approximate surface area is 201 Å². The first-order valence-electron chi connectivity index (χ1n) is 11.7. The molecule has 2 aliphatic heterocycles. The van der Waals surface area contributed by atoms with Crippen LogP contribution in [0.4, 0.5) is 0 Å². The Morgan fingerprint density at radius 3 is 2.86 bits per heavy atom. The zero-order valence-corrected chi connectivity index (χ0v) is 19.0. The van der Waals surface area contributed by atoms with E-state index < -0.39 is 5.97 Å². The SMILES string of the molecule is O=C(O)C1=CCC2/C(=C\c3cn4c5c(c(OCCOCc6ccccc6)nc4n3)CCC5)C(=O)N12. The lowest BCUT2D eigenvalue weighted by Gasteiger charge is -2.38. The smallest absolute Gasteiger partial charge is 0.352 e. The lowest BCUT2D eigenvalue weighted by Crippen LogP contribution is -2.52. The van der Waals surface area contributed by atoms with E-state index >= 15 is 0 Å². The molecule has 1 saturated heterocycles. The minimum Gasteiger partial charge on any atom is -0.477 e. The number of ether oxygens (including phenoxy) is 2. The van der Waals surface area contributed by atoms with Crippen molar-refractivity contribution in [3.63, 3.8) is 0 Å². The Hall–Kier alpha value is -3.98. The maximum atomic E-state index is 12.6. The summed E-state index contributed by atoms with van der Waals surface area (Å²) in [6, 6.07) is 9.77. The summed E-state index contributed by atoms with van der Waals surface area (Å²) in [5.74, 6) is -0.242. The molecule has 0 spiro atoms. The first-order valence-corrected chi connectivity index (χ1v) is 11.7. The Morgan fingerprint density at radius 1 is 1.17 bits per heavy atom. The third kappa shape index (κ3) is 3.77. The maximum Gasteiger partial charge on any atom is 0.352 e. The van der Waals surface area contributed by atoms with Crippen molar-refractivity contribution < 1.29 is 24.2 Å². The van der Waals surface area contributed by atoms with E-state index in [4.69, 9.17) is 9.47 Å². The number of benzene rings is 1. The number of amides is 1. The van der Waals surface area contributed by atoms with Crippen molar-refractivity contribution in [2.45, 2.75) is 38.3 Å². The van der Waals surface area contributed by atoms with Gasteiger partial charge in [0, 0.05) is 23.0 Å². The van der Waals surface area contributed by atoms with Gasteiger partial charge in [0.05, 0.1) is 24.9 Å². The Bertz CT molecular complexity index is 1390. The van der Waals surface area contributed by atoms with Gasteiger partial charge in [-0.05, 0) is 37.3 Å². The zero-order valence-electron chi connectivity index (χ0n) is 19.0. The van der Waals surface area contributed by atoms with Crippen LogP contribution in [-0.4, -0.2) is 55.5 Å². The largest absolute Gasteiger partial charge is 0.477 e. The number of nitrogens with zero attached hydrogens (tertiary/aromatic N) is 4. The Morgan fingerprint density at radius 2 is 2.03 bits per heavy atom. The number of carbonyl (C=O) groups is 2. The number of fused-ring (bicyclic) bond motifs is 4. The van der Waals surface area contributed by atoms with Crippen molar-refractivity contribution in [3.05, 3.63) is 76.4 Å². The van der Waals surface area contributed by atoms with Crippen LogP contribution in [0.1, 0.15) is 35.4 Å². The lowest BCUT2D eigenvalue weighted by molar-refractivity contribution is -0.142. The average Bonchev–Trinajstić information content (AvgIpc) is 3.59. The van der Waals surface area contributed by atoms with Gasteiger partial charge in [0.1, 0.15) is 12.3 Å². The number of hydrogen-bond donors (Lipinski definition) is 1. The fourth-order valence-corrected chi connectivity index (χ4v) is 5.03. The van der Waals surface area contributed by atoms with Gasteiger partial charge >= 0.3 is 5.97 Å². The first-order chi connectivity index (χ1) is 17.1.